The molecular weight excluding hydrogens is 382 g/mol. The number of alkyl halides is 3. The van der Waals surface area contributed by atoms with Crippen molar-refractivity contribution >= 4 is 11.7 Å². The van der Waals surface area contributed by atoms with Gasteiger partial charge in [-0.15, -0.1) is 0 Å². The van der Waals surface area contributed by atoms with Gasteiger partial charge in [-0.25, -0.2) is 19.0 Å². The van der Waals surface area contributed by atoms with Crippen molar-refractivity contribution in [3.8, 4) is 23.0 Å². The van der Waals surface area contributed by atoms with Crippen molar-refractivity contribution in [3.63, 3.8) is 0 Å². The monoisotopic (exact) mass is 393 g/mol. The lowest BCUT2D eigenvalue weighted by Gasteiger charge is -2.17. The number of fused-ring (bicyclic) bond motifs is 1. The summed E-state index contributed by atoms with van der Waals surface area (Å²) in [5.74, 6) is -0.856. The van der Waals surface area contributed by atoms with E-state index >= 15 is 0 Å². The molecule has 0 fully saturated rings. The fourth-order valence-corrected chi connectivity index (χ4v) is 2.72. The van der Waals surface area contributed by atoms with Crippen LogP contribution < -0.4 is 10.1 Å². The largest absolute Gasteiger partial charge is 0.478 e. The predicted octanol–water partition coefficient (Wildman–Crippen LogP) is 3.13. The minimum Gasteiger partial charge on any atom is -0.478 e. The molecule has 0 saturated carbocycles. The molecule has 1 amide bonds. The maximum Gasteiger partial charge on any atom is 0.435 e. The molecule has 4 rings (SSSR count). The van der Waals surface area contributed by atoms with Gasteiger partial charge in [-0.05, 0) is 30.7 Å². The number of nitrogens with zero attached hydrogens (tertiary/aromatic N) is 4. The lowest BCUT2D eigenvalue weighted by molar-refractivity contribution is -0.141. The molecule has 2 aromatic heterocycles. The quantitative estimate of drug-likeness (QED) is 0.677. The van der Waals surface area contributed by atoms with Gasteiger partial charge in [0, 0.05) is 6.07 Å². The smallest absolute Gasteiger partial charge is 0.435 e. The van der Waals surface area contributed by atoms with E-state index in [9.17, 15) is 22.4 Å². The highest BCUT2D eigenvalue weighted by Gasteiger charge is 2.36. The molecule has 144 valence electrons. The molecule has 0 radical (unpaired) electrons. The van der Waals surface area contributed by atoms with Crippen molar-refractivity contribution in [2.24, 2.45) is 0 Å². The Morgan fingerprint density at radius 2 is 2.04 bits per heavy atom. The topological polar surface area (TPSA) is 81.9 Å². The summed E-state index contributed by atoms with van der Waals surface area (Å²) in [6, 6.07) is 4.39. The highest BCUT2D eigenvalue weighted by Crippen LogP contribution is 2.34. The summed E-state index contributed by atoms with van der Waals surface area (Å²) in [5, 5.41) is 6.08. The molecule has 28 heavy (non-hydrogen) atoms. The minimum absolute atomic E-state index is 0.0402. The van der Waals surface area contributed by atoms with Crippen LogP contribution in [0.5, 0.6) is 5.75 Å². The van der Waals surface area contributed by atoms with Crippen LogP contribution in [-0.2, 0) is 11.0 Å². The molecule has 0 atom stereocenters. The number of aryl methyl sites for hydroxylation is 1. The molecule has 0 bridgehead atoms. The first-order chi connectivity index (χ1) is 13.2. The molecular formula is C17H11F4N5O2. The lowest BCUT2D eigenvalue weighted by atomic mass is 10.2. The van der Waals surface area contributed by atoms with Crippen LogP contribution in [0.15, 0.2) is 30.5 Å². The van der Waals surface area contributed by atoms with Gasteiger partial charge < -0.3 is 10.1 Å². The Balaban J connectivity index is 1.90. The first kappa shape index (κ1) is 17.9. The summed E-state index contributed by atoms with van der Waals surface area (Å²) in [6.45, 7) is 1.33. The molecule has 1 aromatic carbocycles. The van der Waals surface area contributed by atoms with Gasteiger partial charge in [0.05, 0.1) is 11.9 Å². The molecule has 3 aromatic rings. The Bertz CT molecular complexity index is 1090. The van der Waals surface area contributed by atoms with E-state index in [1.807, 2.05) is 0 Å². The van der Waals surface area contributed by atoms with Crippen LogP contribution in [0.4, 0.5) is 23.4 Å². The van der Waals surface area contributed by atoms with E-state index in [-0.39, 0.29) is 35.4 Å². The number of rotatable bonds is 2. The van der Waals surface area contributed by atoms with Crippen molar-refractivity contribution in [3.05, 3.63) is 47.5 Å². The van der Waals surface area contributed by atoms with Crippen LogP contribution in [0, 0.1) is 12.7 Å². The summed E-state index contributed by atoms with van der Waals surface area (Å²) in [5.41, 5.74) is -0.640. The van der Waals surface area contributed by atoms with Gasteiger partial charge in [0.25, 0.3) is 5.91 Å². The summed E-state index contributed by atoms with van der Waals surface area (Å²) >= 11 is 0. The van der Waals surface area contributed by atoms with Gasteiger partial charge in [0.2, 0.25) is 0 Å². The van der Waals surface area contributed by atoms with Crippen molar-refractivity contribution in [2.75, 3.05) is 11.9 Å². The third-order valence-corrected chi connectivity index (χ3v) is 3.99. The molecule has 0 unspecified atom stereocenters. The fraction of sp³-hybridized carbons (Fsp3) is 0.176. The van der Waals surface area contributed by atoms with Gasteiger partial charge >= 0.3 is 6.18 Å². The van der Waals surface area contributed by atoms with Crippen LogP contribution in [0.3, 0.4) is 0 Å². The van der Waals surface area contributed by atoms with Crippen molar-refractivity contribution in [1.29, 1.82) is 0 Å². The van der Waals surface area contributed by atoms with Gasteiger partial charge in [-0.2, -0.15) is 18.3 Å². The number of hydrogen-bond donors (Lipinski definition) is 1. The fourth-order valence-electron chi connectivity index (χ4n) is 2.72. The van der Waals surface area contributed by atoms with E-state index in [1.54, 1.807) is 6.92 Å². The van der Waals surface area contributed by atoms with Gasteiger partial charge in [0.1, 0.15) is 11.5 Å². The van der Waals surface area contributed by atoms with Crippen LogP contribution in [0.25, 0.3) is 17.2 Å². The molecule has 0 saturated heterocycles. The summed E-state index contributed by atoms with van der Waals surface area (Å²) in [4.78, 5) is 19.6. The molecule has 7 nitrogen and oxygen atoms in total. The third kappa shape index (κ3) is 3.15. The second-order valence-electron chi connectivity index (χ2n) is 6.00. The average molecular weight is 393 g/mol. The van der Waals surface area contributed by atoms with Gasteiger partial charge in [0.15, 0.2) is 29.7 Å². The molecule has 0 aliphatic carbocycles. The maximum absolute atomic E-state index is 13.4. The van der Waals surface area contributed by atoms with E-state index in [2.05, 4.69) is 20.4 Å². The van der Waals surface area contributed by atoms with E-state index in [0.717, 1.165) is 16.8 Å². The lowest BCUT2D eigenvalue weighted by Crippen LogP contribution is -2.26. The van der Waals surface area contributed by atoms with Crippen LogP contribution in [0.2, 0.25) is 0 Å². The number of carbonyl (C=O) groups is 1. The highest BCUT2D eigenvalue weighted by molar-refractivity contribution is 5.94. The average Bonchev–Trinajstić information content (AvgIpc) is 3.06. The minimum atomic E-state index is -4.71. The Morgan fingerprint density at radius 1 is 1.25 bits per heavy atom. The zero-order valence-electron chi connectivity index (χ0n) is 14.2. The summed E-state index contributed by atoms with van der Waals surface area (Å²) in [6.07, 6.45) is -3.46. The number of halogens is 4. The molecule has 1 aliphatic heterocycles. The number of anilines is 1. The number of hydrogen-bond acceptors (Lipinski definition) is 5. The SMILES string of the molecule is Cc1cc(F)ccc1-n1nc(C(F)(F)F)cc1-c1ncc2c(n1)NC(=O)CO2. The Labute approximate surface area is 155 Å². The molecule has 0 spiro atoms. The van der Waals surface area contributed by atoms with Crippen LogP contribution in [-0.4, -0.2) is 32.3 Å². The second kappa shape index (κ2) is 6.29. The number of amides is 1. The molecule has 11 heteroatoms. The maximum atomic E-state index is 13.4. The second-order valence-corrected chi connectivity index (χ2v) is 6.00. The molecule has 1 N–H and O–H groups in total. The molecule has 3 heterocycles. The molecule has 1 aliphatic rings. The first-order valence-corrected chi connectivity index (χ1v) is 7.96. The van der Waals surface area contributed by atoms with Gasteiger partial charge in [-0.1, -0.05) is 0 Å². The first-order valence-electron chi connectivity index (χ1n) is 7.96. The number of ether oxygens (including phenoxy) is 1. The number of carbonyl (C=O) groups excluding carboxylic acids is 1. The Hall–Kier alpha value is -3.50. The zero-order valence-corrected chi connectivity index (χ0v) is 14.2. The summed E-state index contributed by atoms with van der Waals surface area (Å²) < 4.78 is 59.3. The van der Waals surface area contributed by atoms with E-state index in [0.29, 0.717) is 5.56 Å². The van der Waals surface area contributed by atoms with E-state index < -0.39 is 23.6 Å². The zero-order chi connectivity index (χ0) is 20.1. The highest BCUT2D eigenvalue weighted by atomic mass is 19.4. The van der Waals surface area contributed by atoms with Crippen molar-refractivity contribution in [1.82, 2.24) is 19.7 Å². The normalized spacial score (nSPS) is 13.7. The number of nitrogens with one attached hydrogen (secondary N) is 1. The van der Waals surface area contributed by atoms with Crippen LogP contribution in [0.1, 0.15) is 11.3 Å². The number of aromatic nitrogens is 4. The Morgan fingerprint density at radius 3 is 2.75 bits per heavy atom. The third-order valence-electron chi connectivity index (χ3n) is 3.99. The number of benzene rings is 1. The predicted molar refractivity (Wildman–Crippen MR) is 88.4 cm³/mol. The van der Waals surface area contributed by atoms with Gasteiger partial charge in [-0.3, -0.25) is 4.79 Å². The Kier molecular flexibility index (Phi) is 4.02. The van der Waals surface area contributed by atoms with Crippen LogP contribution >= 0.6 is 0 Å². The van der Waals surface area contributed by atoms with E-state index in [4.69, 9.17) is 4.74 Å². The summed E-state index contributed by atoms with van der Waals surface area (Å²) in [7, 11) is 0. The van der Waals surface area contributed by atoms with Crippen molar-refractivity contribution in [2.45, 2.75) is 13.1 Å². The standard InChI is InChI=1S/C17H11F4N5O2/c1-8-4-9(18)2-3-10(8)26-11(5-13(25-26)17(19,20)21)15-22-6-12-16(24-15)23-14(27)7-28-12/h2-6H,7H2,1H3,(H,22,23,24,27). The van der Waals surface area contributed by atoms with E-state index in [1.165, 1.54) is 18.3 Å². The van der Waals surface area contributed by atoms with Crippen molar-refractivity contribution < 1.29 is 27.1 Å².